The monoisotopic (exact) mass is 342 g/mol. The van der Waals surface area contributed by atoms with Gasteiger partial charge in [-0.2, -0.15) is 11.8 Å². The number of hydrogen-bond donors (Lipinski definition) is 1. The quantitative estimate of drug-likeness (QED) is 0.430. The van der Waals surface area contributed by atoms with Gasteiger partial charge in [0.2, 0.25) is 0 Å². The van der Waals surface area contributed by atoms with E-state index in [9.17, 15) is 9.59 Å². The molecule has 0 fully saturated rings. The molecule has 2 aromatic rings. The van der Waals surface area contributed by atoms with Gasteiger partial charge in [-0.05, 0) is 43.0 Å². The van der Waals surface area contributed by atoms with E-state index in [1.807, 2.05) is 13.2 Å². The predicted molar refractivity (Wildman–Crippen MR) is 83.8 cm³/mol. The van der Waals surface area contributed by atoms with Crippen molar-refractivity contribution in [1.82, 2.24) is 0 Å². The molecule has 0 aliphatic carbocycles. The van der Waals surface area contributed by atoms with Crippen LogP contribution in [0.1, 0.15) is 12.0 Å². The molecule has 1 heterocycles. The molecule has 0 amide bonds. The third-order valence-corrected chi connectivity index (χ3v) is 3.72. The highest BCUT2D eigenvalue weighted by molar-refractivity contribution is 7.98. The van der Waals surface area contributed by atoms with Crippen molar-refractivity contribution in [3.05, 3.63) is 40.2 Å². The van der Waals surface area contributed by atoms with Crippen LogP contribution in [0, 0.1) is 6.92 Å². The van der Waals surface area contributed by atoms with Crippen molar-refractivity contribution in [3.63, 3.8) is 0 Å². The summed E-state index contributed by atoms with van der Waals surface area (Å²) < 4.78 is 10.3. The van der Waals surface area contributed by atoms with Gasteiger partial charge in [0.1, 0.15) is 17.4 Å². The number of fused-ring (bicyclic) bond motifs is 1. The van der Waals surface area contributed by atoms with Crippen LogP contribution in [-0.2, 0) is 4.79 Å². The Morgan fingerprint density at radius 1 is 1.41 bits per heavy atom. The number of carbonyl (C=O) groups excluding carboxylic acids is 1. The normalized spacial score (nSPS) is 11.8. The summed E-state index contributed by atoms with van der Waals surface area (Å²) in [5.41, 5.74) is 6.53. The highest BCUT2D eigenvalue weighted by Crippen LogP contribution is 2.22. The van der Waals surface area contributed by atoms with E-state index in [-0.39, 0.29) is 12.4 Å². The third-order valence-electron chi connectivity index (χ3n) is 3.08. The second-order valence-corrected chi connectivity index (χ2v) is 5.70. The van der Waals surface area contributed by atoms with Gasteiger partial charge in [0.25, 0.3) is 0 Å². The molecule has 2 N–H and O–H groups in total. The van der Waals surface area contributed by atoms with Crippen LogP contribution in [0.2, 0.25) is 0 Å². The van der Waals surface area contributed by atoms with Crippen LogP contribution in [0.5, 0.6) is 5.75 Å². The predicted octanol–water partition coefficient (Wildman–Crippen LogP) is -0.909. The molecule has 0 aliphatic rings. The maximum Gasteiger partial charge on any atom is 0.336 e. The summed E-state index contributed by atoms with van der Waals surface area (Å²) in [6.07, 6.45) is 2.51. The highest BCUT2D eigenvalue weighted by Gasteiger charge is 2.16. The van der Waals surface area contributed by atoms with Crippen LogP contribution in [0.3, 0.4) is 0 Å². The summed E-state index contributed by atoms with van der Waals surface area (Å²) >= 11 is 1.62. The number of hydrogen-bond acceptors (Lipinski definition) is 6. The Morgan fingerprint density at radius 3 is 2.82 bits per heavy atom. The molecule has 0 bridgehead atoms. The number of carbonyl (C=O) groups is 1. The Labute approximate surface area is 138 Å². The van der Waals surface area contributed by atoms with Crippen LogP contribution < -0.4 is 28.5 Å². The second kappa shape index (κ2) is 8.22. The number of thioether (sulfide) groups is 1. The molecular formula is C15H17ClNO4S-. The molecule has 2 rings (SSSR count). The Morgan fingerprint density at radius 2 is 2.14 bits per heavy atom. The van der Waals surface area contributed by atoms with E-state index in [2.05, 4.69) is 0 Å². The smallest absolute Gasteiger partial charge is 0.336 e. The molecule has 7 heteroatoms. The first-order valence-corrected chi connectivity index (χ1v) is 7.91. The van der Waals surface area contributed by atoms with Gasteiger partial charge in [-0.1, -0.05) is 0 Å². The van der Waals surface area contributed by atoms with E-state index in [0.717, 1.165) is 16.7 Å². The first-order chi connectivity index (χ1) is 10.0. The zero-order chi connectivity index (χ0) is 15.4. The number of nitrogens with two attached hydrogens (primary N) is 1. The summed E-state index contributed by atoms with van der Waals surface area (Å²) in [5, 5.41) is 0.807. The zero-order valence-electron chi connectivity index (χ0n) is 12.3. The molecule has 120 valence electrons. The third kappa shape index (κ3) is 4.50. The number of ether oxygens (including phenoxy) is 1. The lowest BCUT2D eigenvalue weighted by Gasteiger charge is -2.11. The van der Waals surface area contributed by atoms with Crippen LogP contribution >= 0.6 is 11.8 Å². The maximum atomic E-state index is 11.8. The lowest BCUT2D eigenvalue weighted by Crippen LogP contribution is -3.00. The van der Waals surface area contributed by atoms with Gasteiger partial charge in [-0.25, -0.2) is 9.59 Å². The van der Waals surface area contributed by atoms with Gasteiger partial charge in [0.15, 0.2) is 0 Å². The van der Waals surface area contributed by atoms with E-state index in [0.29, 0.717) is 17.8 Å². The molecule has 1 aromatic carbocycles. The fourth-order valence-corrected chi connectivity index (χ4v) is 2.41. The fourth-order valence-electron chi connectivity index (χ4n) is 1.92. The average molecular weight is 343 g/mol. The molecule has 0 saturated heterocycles. The van der Waals surface area contributed by atoms with Crippen molar-refractivity contribution in [2.45, 2.75) is 19.4 Å². The standard InChI is InChI=1S/C15H17NO4S.ClH/c1-9-7-14(17)20-13-8-10(3-4-11(9)13)19-15(18)12(16)5-6-21-2;/h3-4,7-8,12H,5-6,16H2,1-2H3;1H/p-1. The minimum absolute atomic E-state index is 0. The molecule has 22 heavy (non-hydrogen) atoms. The van der Waals surface area contributed by atoms with Crippen molar-refractivity contribution < 1.29 is 26.4 Å². The van der Waals surface area contributed by atoms with Crippen molar-refractivity contribution >= 4 is 28.7 Å². The van der Waals surface area contributed by atoms with Gasteiger partial charge in [0.05, 0.1) is 0 Å². The van der Waals surface area contributed by atoms with E-state index in [4.69, 9.17) is 14.9 Å². The number of benzene rings is 1. The van der Waals surface area contributed by atoms with Crippen molar-refractivity contribution in [1.29, 1.82) is 0 Å². The SMILES string of the molecule is CSCCC(N)C(=O)Oc1ccc2c(C)cc(=O)oc2c1.[Cl-]. The minimum atomic E-state index is -0.655. The zero-order valence-corrected chi connectivity index (χ0v) is 13.9. The lowest BCUT2D eigenvalue weighted by molar-refractivity contribution is -0.135. The Bertz CT molecular complexity index is 716. The number of halogens is 1. The van der Waals surface area contributed by atoms with E-state index >= 15 is 0 Å². The number of esters is 1. The molecular weight excluding hydrogens is 326 g/mol. The Balaban J connectivity index is 0.00000242. The molecule has 1 atom stereocenters. The van der Waals surface area contributed by atoms with E-state index < -0.39 is 17.6 Å². The van der Waals surface area contributed by atoms with Gasteiger partial charge in [-0.15, -0.1) is 0 Å². The van der Waals surface area contributed by atoms with Crippen LogP contribution in [-0.4, -0.2) is 24.0 Å². The highest BCUT2D eigenvalue weighted by atomic mass is 35.5. The first-order valence-electron chi connectivity index (χ1n) is 6.52. The Hall–Kier alpha value is -1.50. The molecule has 0 spiro atoms. The van der Waals surface area contributed by atoms with Gasteiger partial charge in [0, 0.05) is 17.5 Å². The van der Waals surface area contributed by atoms with Crippen molar-refractivity contribution in [2.75, 3.05) is 12.0 Å². The second-order valence-electron chi connectivity index (χ2n) is 4.72. The molecule has 0 aliphatic heterocycles. The number of rotatable bonds is 5. The molecule has 0 saturated carbocycles. The fraction of sp³-hybridized carbons (Fsp3) is 0.333. The average Bonchev–Trinajstić information content (AvgIpc) is 2.44. The van der Waals surface area contributed by atoms with Crippen molar-refractivity contribution in [2.24, 2.45) is 5.73 Å². The van der Waals surface area contributed by atoms with E-state index in [1.165, 1.54) is 12.1 Å². The largest absolute Gasteiger partial charge is 1.00 e. The summed E-state index contributed by atoms with van der Waals surface area (Å²) in [7, 11) is 0. The van der Waals surface area contributed by atoms with Gasteiger partial charge in [-0.3, -0.25) is 0 Å². The van der Waals surface area contributed by atoms with Crippen LogP contribution in [0.25, 0.3) is 11.0 Å². The van der Waals surface area contributed by atoms with Gasteiger partial charge >= 0.3 is 11.6 Å². The van der Waals surface area contributed by atoms with Gasteiger partial charge < -0.3 is 27.3 Å². The lowest BCUT2D eigenvalue weighted by atomic mass is 10.1. The molecule has 1 unspecified atom stereocenters. The maximum absolute atomic E-state index is 11.8. The molecule has 1 aromatic heterocycles. The summed E-state index contributed by atoms with van der Waals surface area (Å²) in [6.45, 7) is 1.82. The summed E-state index contributed by atoms with van der Waals surface area (Å²) in [5.74, 6) is 0.626. The van der Waals surface area contributed by atoms with Crippen LogP contribution in [0.15, 0.2) is 33.5 Å². The van der Waals surface area contributed by atoms with Crippen molar-refractivity contribution in [3.8, 4) is 5.75 Å². The van der Waals surface area contributed by atoms with Crippen LogP contribution in [0.4, 0.5) is 0 Å². The Kier molecular flexibility index (Phi) is 6.93. The summed E-state index contributed by atoms with van der Waals surface area (Å²) in [6, 6.07) is 5.71. The number of aryl methyl sites for hydroxylation is 1. The summed E-state index contributed by atoms with van der Waals surface area (Å²) in [4.78, 5) is 23.2. The topological polar surface area (TPSA) is 82.5 Å². The molecule has 5 nitrogen and oxygen atoms in total. The first kappa shape index (κ1) is 18.5. The minimum Gasteiger partial charge on any atom is -1.00 e. The molecule has 0 radical (unpaired) electrons. The van der Waals surface area contributed by atoms with E-state index in [1.54, 1.807) is 23.9 Å².